The highest BCUT2D eigenvalue weighted by Gasteiger charge is 2.05. The van der Waals surface area contributed by atoms with Gasteiger partial charge in [-0.25, -0.2) is 4.79 Å². The van der Waals surface area contributed by atoms with Crippen LogP contribution in [0.15, 0.2) is 47.4 Å². The zero-order valence-electron chi connectivity index (χ0n) is 9.97. The first-order chi connectivity index (χ1) is 8.70. The summed E-state index contributed by atoms with van der Waals surface area (Å²) in [5.41, 5.74) is 2.08. The highest BCUT2D eigenvalue weighted by molar-refractivity contribution is 5.89. The summed E-state index contributed by atoms with van der Waals surface area (Å²) >= 11 is 0. The van der Waals surface area contributed by atoms with Gasteiger partial charge in [0.25, 0.3) is 5.56 Å². The fourth-order valence-corrected chi connectivity index (χ4v) is 1.69. The number of hydrogen-bond donors (Lipinski definition) is 1. The Morgan fingerprint density at radius 2 is 1.94 bits per heavy atom. The molecule has 0 bridgehead atoms. The number of carbonyl (C=O) groups excluding carboxylic acids is 1. The van der Waals surface area contributed by atoms with Gasteiger partial charge in [-0.1, -0.05) is 18.2 Å². The summed E-state index contributed by atoms with van der Waals surface area (Å²) in [5, 5.41) is 0. The van der Waals surface area contributed by atoms with E-state index in [4.69, 9.17) is 0 Å². The van der Waals surface area contributed by atoms with Crippen molar-refractivity contribution < 1.29 is 9.53 Å². The van der Waals surface area contributed by atoms with Crippen LogP contribution in [0.5, 0.6) is 0 Å². The van der Waals surface area contributed by atoms with Crippen molar-refractivity contribution in [3.8, 4) is 0 Å². The fourth-order valence-electron chi connectivity index (χ4n) is 1.69. The highest BCUT2D eigenvalue weighted by Crippen LogP contribution is 2.09. The second kappa shape index (κ2) is 5.31. The molecule has 1 N–H and O–H groups in total. The predicted octanol–water partition coefficient (Wildman–Crippen LogP) is 1.75. The standard InChI is InChI=1S/C14H13NO3/c1-18-14(17)11-6-4-10(5-7-11)9-12-3-2-8-15-13(12)16/h2-8H,9H2,1H3,(H,15,16). The van der Waals surface area contributed by atoms with E-state index in [0.29, 0.717) is 17.5 Å². The minimum Gasteiger partial charge on any atom is -0.465 e. The van der Waals surface area contributed by atoms with E-state index in [9.17, 15) is 9.59 Å². The number of hydrogen-bond acceptors (Lipinski definition) is 3. The van der Waals surface area contributed by atoms with E-state index in [0.717, 1.165) is 5.56 Å². The molecule has 0 aliphatic rings. The minimum atomic E-state index is -0.362. The number of rotatable bonds is 3. The second-order valence-electron chi connectivity index (χ2n) is 3.89. The zero-order valence-corrected chi connectivity index (χ0v) is 9.97. The van der Waals surface area contributed by atoms with Crippen molar-refractivity contribution in [3.63, 3.8) is 0 Å². The van der Waals surface area contributed by atoms with Crippen molar-refractivity contribution in [1.82, 2.24) is 4.98 Å². The molecular weight excluding hydrogens is 230 g/mol. The number of carbonyl (C=O) groups is 1. The zero-order chi connectivity index (χ0) is 13.0. The van der Waals surface area contributed by atoms with Gasteiger partial charge in [-0.3, -0.25) is 4.79 Å². The number of pyridine rings is 1. The Bertz CT molecular complexity index is 599. The molecule has 4 heteroatoms. The van der Waals surface area contributed by atoms with Crippen molar-refractivity contribution in [2.75, 3.05) is 7.11 Å². The van der Waals surface area contributed by atoms with Crippen molar-refractivity contribution >= 4 is 5.97 Å². The molecule has 0 unspecified atom stereocenters. The van der Waals surface area contributed by atoms with E-state index in [1.165, 1.54) is 7.11 Å². The number of methoxy groups -OCH3 is 1. The number of H-pyrrole nitrogens is 1. The molecule has 1 aromatic carbocycles. The van der Waals surface area contributed by atoms with Crippen LogP contribution in [0.4, 0.5) is 0 Å². The largest absolute Gasteiger partial charge is 0.465 e. The fraction of sp³-hybridized carbons (Fsp3) is 0.143. The molecule has 4 nitrogen and oxygen atoms in total. The van der Waals surface area contributed by atoms with E-state index < -0.39 is 0 Å². The van der Waals surface area contributed by atoms with Crippen LogP contribution in [-0.4, -0.2) is 18.1 Å². The summed E-state index contributed by atoms with van der Waals surface area (Å²) in [6.45, 7) is 0. The van der Waals surface area contributed by atoms with Crippen LogP contribution in [0.3, 0.4) is 0 Å². The van der Waals surface area contributed by atoms with E-state index in [2.05, 4.69) is 9.72 Å². The molecule has 0 aliphatic carbocycles. The Kier molecular flexibility index (Phi) is 3.57. The first-order valence-corrected chi connectivity index (χ1v) is 5.54. The lowest BCUT2D eigenvalue weighted by molar-refractivity contribution is 0.0600. The van der Waals surface area contributed by atoms with Gasteiger partial charge in [0, 0.05) is 18.2 Å². The van der Waals surface area contributed by atoms with Crippen LogP contribution in [0.1, 0.15) is 21.5 Å². The third kappa shape index (κ3) is 2.66. The molecule has 92 valence electrons. The lowest BCUT2D eigenvalue weighted by Crippen LogP contribution is -2.11. The predicted molar refractivity (Wildman–Crippen MR) is 67.7 cm³/mol. The molecule has 1 aromatic heterocycles. The number of nitrogens with one attached hydrogen (secondary N) is 1. The second-order valence-corrected chi connectivity index (χ2v) is 3.89. The minimum absolute atomic E-state index is 0.0884. The topological polar surface area (TPSA) is 59.2 Å². The monoisotopic (exact) mass is 243 g/mol. The first kappa shape index (κ1) is 12.1. The first-order valence-electron chi connectivity index (χ1n) is 5.54. The van der Waals surface area contributed by atoms with Crippen LogP contribution >= 0.6 is 0 Å². The van der Waals surface area contributed by atoms with Crippen LogP contribution in [0.2, 0.25) is 0 Å². The summed E-state index contributed by atoms with van der Waals surface area (Å²) in [6.07, 6.45) is 2.14. The average Bonchev–Trinajstić information content (AvgIpc) is 2.41. The van der Waals surface area contributed by atoms with Gasteiger partial charge in [-0.2, -0.15) is 0 Å². The molecule has 0 spiro atoms. The summed E-state index contributed by atoms with van der Waals surface area (Å²) in [7, 11) is 1.35. The molecule has 0 saturated heterocycles. The molecule has 0 amide bonds. The Morgan fingerprint density at radius 1 is 1.22 bits per heavy atom. The summed E-state index contributed by atoms with van der Waals surface area (Å²) < 4.78 is 4.62. The molecule has 0 atom stereocenters. The number of ether oxygens (including phenoxy) is 1. The third-order valence-electron chi connectivity index (χ3n) is 2.67. The van der Waals surface area contributed by atoms with Crippen LogP contribution in [0, 0.1) is 0 Å². The van der Waals surface area contributed by atoms with Crippen LogP contribution in [0.25, 0.3) is 0 Å². The Hall–Kier alpha value is -2.36. The molecular formula is C14H13NO3. The Labute approximate surface area is 104 Å². The number of benzene rings is 1. The smallest absolute Gasteiger partial charge is 0.337 e. The van der Waals surface area contributed by atoms with E-state index >= 15 is 0 Å². The number of aromatic nitrogens is 1. The molecule has 0 saturated carbocycles. The molecule has 1 heterocycles. The number of esters is 1. The number of aromatic amines is 1. The maximum absolute atomic E-state index is 11.5. The molecule has 0 fully saturated rings. The van der Waals surface area contributed by atoms with Gasteiger partial charge in [0.2, 0.25) is 0 Å². The third-order valence-corrected chi connectivity index (χ3v) is 2.67. The highest BCUT2D eigenvalue weighted by atomic mass is 16.5. The molecule has 2 rings (SSSR count). The lowest BCUT2D eigenvalue weighted by Gasteiger charge is -2.02. The SMILES string of the molecule is COC(=O)c1ccc(Cc2ccc[nH]c2=O)cc1. The maximum atomic E-state index is 11.5. The molecule has 0 radical (unpaired) electrons. The van der Waals surface area contributed by atoms with E-state index in [-0.39, 0.29) is 11.5 Å². The van der Waals surface area contributed by atoms with Crippen molar-refractivity contribution in [2.45, 2.75) is 6.42 Å². The van der Waals surface area contributed by atoms with Gasteiger partial charge < -0.3 is 9.72 Å². The average molecular weight is 243 g/mol. The maximum Gasteiger partial charge on any atom is 0.337 e. The molecule has 0 aliphatic heterocycles. The van der Waals surface area contributed by atoms with Gasteiger partial charge in [0.05, 0.1) is 12.7 Å². The van der Waals surface area contributed by atoms with Gasteiger partial charge in [-0.05, 0) is 23.8 Å². The Balaban J connectivity index is 2.19. The summed E-state index contributed by atoms with van der Waals surface area (Å²) in [5.74, 6) is -0.362. The van der Waals surface area contributed by atoms with Crippen molar-refractivity contribution in [2.24, 2.45) is 0 Å². The van der Waals surface area contributed by atoms with Gasteiger partial charge in [0.1, 0.15) is 0 Å². The normalized spacial score (nSPS) is 10.1. The van der Waals surface area contributed by atoms with Crippen LogP contribution in [-0.2, 0) is 11.2 Å². The quantitative estimate of drug-likeness (QED) is 0.835. The van der Waals surface area contributed by atoms with Crippen molar-refractivity contribution in [3.05, 3.63) is 69.6 Å². The summed E-state index contributed by atoms with van der Waals surface area (Å²) in [4.78, 5) is 25.4. The molecule has 18 heavy (non-hydrogen) atoms. The van der Waals surface area contributed by atoms with E-state index in [1.807, 2.05) is 12.1 Å². The van der Waals surface area contributed by atoms with Gasteiger partial charge in [-0.15, -0.1) is 0 Å². The molecule has 2 aromatic rings. The van der Waals surface area contributed by atoms with Crippen molar-refractivity contribution in [1.29, 1.82) is 0 Å². The Morgan fingerprint density at radius 3 is 2.56 bits per heavy atom. The lowest BCUT2D eigenvalue weighted by atomic mass is 10.0. The summed E-state index contributed by atoms with van der Waals surface area (Å²) in [6, 6.07) is 10.6. The van der Waals surface area contributed by atoms with Gasteiger partial charge in [0.15, 0.2) is 0 Å². The van der Waals surface area contributed by atoms with Crippen LogP contribution < -0.4 is 5.56 Å². The van der Waals surface area contributed by atoms with Gasteiger partial charge >= 0.3 is 5.97 Å². The van der Waals surface area contributed by atoms with E-state index in [1.54, 1.807) is 30.5 Å².